The molecule has 0 bridgehead atoms. The Morgan fingerprint density at radius 1 is 1.21 bits per heavy atom. The van der Waals surface area contributed by atoms with Crippen LogP contribution in [0.5, 0.6) is 0 Å². The van der Waals surface area contributed by atoms with E-state index in [9.17, 15) is 0 Å². The molecule has 1 aromatic rings. The van der Waals surface area contributed by atoms with Gasteiger partial charge in [0.25, 0.3) is 0 Å². The lowest BCUT2D eigenvalue weighted by Gasteiger charge is -2.26. The minimum atomic E-state index is 0.438. The molecule has 0 saturated heterocycles. The molecule has 0 aromatic carbocycles. The second-order valence-corrected chi connectivity index (χ2v) is 5.67. The van der Waals surface area contributed by atoms with Crippen molar-refractivity contribution in [3.63, 3.8) is 0 Å². The van der Waals surface area contributed by atoms with E-state index in [1.165, 1.54) is 12.0 Å². The van der Waals surface area contributed by atoms with Gasteiger partial charge in [0.2, 0.25) is 0 Å². The Labute approximate surface area is 118 Å². The summed E-state index contributed by atoms with van der Waals surface area (Å²) in [5, 5.41) is 0. The maximum absolute atomic E-state index is 5.81. The monoisotopic (exact) mass is 263 g/mol. The molecule has 0 radical (unpaired) electrons. The van der Waals surface area contributed by atoms with Crippen molar-refractivity contribution in [2.45, 2.75) is 53.5 Å². The Hall–Kier alpha value is -1.09. The topological polar surface area (TPSA) is 42.1 Å². The quantitative estimate of drug-likeness (QED) is 0.818. The zero-order valence-electron chi connectivity index (χ0n) is 13.1. The molecule has 1 atom stereocenters. The van der Waals surface area contributed by atoms with E-state index in [4.69, 9.17) is 10.7 Å². The van der Waals surface area contributed by atoms with Crippen LogP contribution in [0.25, 0.3) is 0 Å². The summed E-state index contributed by atoms with van der Waals surface area (Å²) in [5.41, 5.74) is 8.13. The zero-order valence-corrected chi connectivity index (χ0v) is 13.1. The minimum Gasteiger partial charge on any atom is -0.357 e. The molecule has 19 heavy (non-hydrogen) atoms. The molecule has 0 aliphatic carbocycles. The second-order valence-electron chi connectivity index (χ2n) is 5.67. The summed E-state index contributed by atoms with van der Waals surface area (Å²) in [4.78, 5) is 7.17. The van der Waals surface area contributed by atoms with E-state index in [0.717, 1.165) is 24.6 Å². The lowest BCUT2D eigenvalue weighted by molar-refractivity contribution is 0.544. The molecule has 1 rings (SSSR count). The van der Waals surface area contributed by atoms with Gasteiger partial charge >= 0.3 is 0 Å². The number of nitrogens with two attached hydrogens (primary N) is 1. The second kappa shape index (κ2) is 7.49. The van der Waals surface area contributed by atoms with Crippen LogP contribution in [-0.4, -0.2) is 18.1 Å². The molecule has 2 N–H and O–H groups in total. The van der Waals surface area contributed by atoms with Crippen LogP contribution in [-0.2, 0) is 6.54 Å². The minimum absolute atomic E-state index is 0.438. The van der Waals surface area contributed by atoms with E-state index < -0.39 is 0 Å². The van der Waals surface area contributed by atoms with Crippen LogP contribution in [0, 0.1) is 5.92 Å². The average molecular weight is 263 g/mol. The smallest absolute Gasteiger partial charge is 0.129 e. The van der Waals surface area contributed by atoms with Crippen molar-refractivity contribution in [2.75, 3.05) is 18.0 Å². The first-order valence-corrected chi connectivity index (χ1v) is 7.47. The van der Waals surface area contributed by atoms with Gasteiger partial charge in [-0.25, -0.2) is 4.98 Å². The van der Waals surface area contributed by atoms with Gasteiger partial charge in [0, 0.05) is 25.3 Å². The summed E-state index contributed by atoms with van der Waals surface area (Å²) in [5.74, 6) is 2.20. The molecule has 0 fully saturated rings. The molecule has 1 aromatic heterocycles. The van der Waals surface area contributed by atoms with Crippen molar-refractivity contribution in [2.24, 2.45) is 11.7 Å². The average Bonchev–Trinajstić information content (AvgIpc) is 2.43. The summed E-state index contributed by atoms with van der Waals surface area (Å²) in [6.07, 6.45) is 1.20. The van der Waals surface area contributed by atoms with Gasteiger partial charge in [0.15, 0.2) is 0 Å². The van der Waals surface area contributed by atoms with Crippen molar-refractivity contribution in [1.82, 2.24) is 4.98 Å². The van der Waals surface area contributed by atoms with Crippen LogP contribution in [0.4, 0.5) is 5.82 Å². The van der Waals surface area contributed by atoms with E-state index >= 15 is 0 Å². The number of rotatable bonds is 7. The third kappa shape index (κ3) is 4.50. The van der Waals surface area contributed by atoms with Gasteiger partial charge in [0.05, 0.1) is 0 Å². The van der Waals surface area contributed by atoms with Crippen LogP contribution < -0.4 is 10.6 Å². The zero-order chi connectivity index (χ0) is 14.4. The highest BCUT2D eigenvalue weighted by Crippen LogP contribution is 2.21. The first kappa shape index (κ1) is 16.0. The van der Waals surface area contributed by atoms with Gasteiger partial charge in [0.1, 0.15) is 5.82 Å². The molecule has 0 saturated carbocycles. The van der Waals surface area contributed by atoms with E-state index in [-0.39, 0.29) is 0 Å². The number of hydrogen-bond acceptors (Lipinski definition) is 3. The standard InChI is InChI=1S/C16H29N3/c1-6-13(5)11-19(7-2)16-9-14(10-17)8-15(18-16)12(3)4/h8-9,12-13H,6-7,10-11,17H2,1-5H3. The fourth-order valence-corrected chi connectivity index (χ4v) is 2.06. The molecule has 0 aliphatic rings. The number of pyridine rings is 1. The highest BCUT2D eigenvalue weighted by molar-refractivity contribution is 5.43. The van der Waals surface area contributed by atoms with Gasteiger partial charge < -0.3 is 10.6 Å². The predicted molar refractivity (Wildman–Crippen MR) is 83.6 cm³/mol. The molecular weight excluding hydrogens is 234 g/mol. The fourth-order valence-electron chi connectivity index (χ4n) is 2.06. The fraction of sp³-hybridized carbons (Fsp3) is 0.688. The van der Waals surface area contributed by atoms with Crippen molar-refractivity contribution < 1.29 is 0 Å². The third-order valence-electron chi connectivity index (χ3n) is 3.65. The SMILES string of the molecule is CCC(C)CN(CC)c1cc(CN)cc(C(C)C)n1. The van der Waals surface area contributed by atoms with E-state index in [2.05, 4.69) is 51.7 Å². The molecule has 3 heteroatoms. The summed E-state index contributed by atoms with van der Waals surface area (Å²) in [6.45, 7) is 13.7. The van der Waals surface area contributed by atoms with Crippen LogP contribution in [0.15, 0.2) is 12.1 Å². The number of anilines is 1. The molecule has 0 aliphatic heterocycles. The molecule has 0 amide bonds. The Morgan fingerprint density at radius 2 is 1.89 bits per heavy atom. The maximum Gasteiger partial charge on any atom is 0.129 e. The summed E-state index contributed by atoms with van der Waals surface area (Å²) in [7, 11) is 0. The van der Waals surface area contributed by atoms with Crippen LogP contribution in [0.3, 0.4) is 0 Å². The molecule has 1 unspecified atom stereocenters. The molecule has 3 nitrogen and oxygen atoms in total. The normalized spacial score (nSPS) is 12.8. The van der Waals surface area contributed by atoms with Gasteiger partial charge in [-0.2, -0.15) is 0 Å². The third-order valence-corrected chi connectivity index (χ3v) is 3.65. The largest absolute Gasteiger partial charge is 0.357 e. The molecular formula is C16H29N3. The Morgan fingerprint density at radius 3 is 2.37 bits per heavy atom. The Bertz CT molecular complexity index is 388. The molecule has 0 spiro atoms. The van der Waals surface area contributed by atoms with Gasteiger partial charge in [-0.05, 0) is 36.5 Å². The van der Waals surface area contributed by atoms with Crippen LogP contribution in [0.2, 0.25) is 0 Å². The van der Waals surface area contributed by atoms with E-state index in [1.54, 1.807) is 0 Å². The Kier molecular flexibility index (Phi) is 6.29. The number of nitrogens with zero attached hydrogens (tertiary/aromatic N) is 2. The lowest BCUT2D eigenvalue weighted by Crippen LogP contribution is -2.29. The maximum atomic E-state index is 5.81. The van der Waals surface area contributed by atoms with Crippen molar-refractivity contribution in [1.29, 1.82) is 0 Å². The first-order valence-electron chi connectivity index (χ1n) is 7.47. The van der Waals surface area contributed by atoms with E-state index in [1.807, 2.05) is 0 Å². The van der Waals surface area contributed by atoms with Gasteiger partial charge in [-0.15, -0.1) is 0 Å². The van der Waals surface area contributed by atoms with Gasteiger partial charge in [-0.3, -0.25) is 0 Å². The van der Waals surface area contributed by atoms with Crippen molar-refractivity contribution in [3.05, 3.63) is 23.4 Å². The van der Waals surface area contributed by atoms with Crippen molar-refractivity contribution in [3.8, 4) is 0 Å². The summed E-state index contributed by atoms with van der Waals surface area (Å²) in [6, 6.07) is 4.27. The molecule has 108 valence electrons. The summed E-state index contributed by atoms with van der Waals surface area (Å²) >= 11 is 0. The Balaban J connectivity index is 3.04. The number of aromatic nitrogens is 1. The molecule has 1 heterocycles. The first-order chi connectivity index (χ1) is 9.01. The summed E-state index contributed by atoms with van der Waals surface area (Å²) < 4.78 is 0. The highest BCUT2D eigenvalue weighted by Gasteiger charge is 2.12. The lowest BCUT2D eigenvalue weighted by atomic mass is 10.1. The van der Waals surface area contributed by atoms with Crippen molar-refractivity contribution >= 4 is 5.82 Å². The van der Waals surface area contributed by atoms with E-state index in [0.29, 0.717) is 18.4 Å². The van der Waals surface area contributed by atoms with Gasteiger partial charge in [-0.1, -0.05) is 34.1 Å². The predicted octanol–water partition coefficient (Wildman–Crippen LogP) is 3.54. The number of hydrogen-bond donors (Lipinski definition) is 1. The highest BCUT2D eigenvalue weighted by atomic mass is 15.2. The van der Waals surface area contributed by atoms with Crippen LogP contribution in [0.1, 0.15) is 58.2 Å². The van der Waals surface area contributed by atoms with Crippen LogP contribution >= 0.6 is 0 Å².